The van der Waals surface area contributed by atoms with Crippen LogP contribution in [0.4, 0.5) is 0 Å². The average Bonchev–Trinajstić information content (AvgIpc) is 1.88. The van der Waals surface area contributed by atoms with Crippen molar-refractivity contribution >= 4 is 5.97 Å². The van der Waals surface area contributed by atoms with Gasteiger partial charge in [0.15, 0.2) is 0 Å². The molecule has 0 saturated carbocycles. The number of hydrogen-bond donors (Lipinski definition) is 1. The number of aryl methyl sites for hydroxylation is 1. The van der Waals surface area contributed by atoms with Crippen LogP contribution >= 0.6 is 0 Å². The van der Waals surface area contributed by atoms with E-state index in [2.05, 4.69) is 0 Å². The third kappa shape index (κ3) is 2.72. The van der Waals surface area contributed by atoms with Crippen LogP contribution in [-0.4, -0.2) is 11.1 Å². The van der Waals surface area contributed by atoms with Gasteiger partial charge in [-0.3, -0.25) is 0 Å². The molecule has 0 aliphatic heterocycles. The smallest absolute Gasteiger partial charge is 0.335 e. The Balaban J connectivity index is 0.000001000. The summed E-state index contributed by atoms with van der Waals surface area (Å²) in [4.78, 5) is 10.4. The minimum Gasteiger partial charge on any atom is -0.478 e. The summed E-state index contributed by atoms with van der Waals surface area (Å²) >= 11 is 0. The molecule has 55 valence electrons. The van der Waals surface area contributed by atoms with Gasteiger partial charge < -0.3 is 5.11 Å². The Hall–Kier alpha value is -0.206. The van der Waals surface area contributed by atoms with Gasteiger partial charge in [0.1, 0.15) is 0 Å². The largest absolute Gasteiger partial charge is 0.478 e. The SMILES string of the molecule is Cc1ccccc1C(=O)O.[Y]. The standard InChI is InChI=1S/C8H8O2.Y/c1-6-4-2-3-5-7(6)8(9)10;/h2-5H,1H3,(H,9,10);. The van der Waals surface area contributed by atoms with E-state index in [0.29, 0.717) is 5.56 Å². The molecular formula is C8H8O2Y. The van der Waals surface area contributed by atoms with Gasteiger partial charge in [-0.15, -0.1) is 0 Å². The first-order valence-electron chi connectivity index (χ1n) is 3.01. The zero-order valence-electron chi connectivity index (χ0n) is 6.24. The fourth-order valence-electron chi connectivity index (χ4n) is 0.813. The van der Waals surface area contributed by atoms with E-state index in [9.17, 15) is 4.79 Å². The molecule has 2 nitrogen and oxygen atoms in total. The summed E-state index contributed by atoms with van der Waals surface area (Å²) in [6.45, 7) is 1.78. The number of rotatable bonds is 1. The van der Waals surface area contributed by atoms with E-state index >= 15 is 0 Å². The third-order valence-corrected chi connectivity index (χ3v) is 1.38. The van der Waals surface area contributed by atoms with E-state index in [1.165, 1.54) is 0 Å². The molecule has 1 rings (SSSR count). The predicted octanol–water partition coefficient (Wildman–Crippen LogP) is 1.69. The number of carboxylic acids is 1. The first-order valence-corrected chi connectivity index (χ1v) is 3.01. The maximum absolute atomic E-state index is 10.4. The van der Waals surface area contributed by atoms with Gasteiger partial charge in [0.05, 0.1) is 5.56 Å². The maximum Gasteiger partial charge on any atom is 0.335 e. The van der Waals surface area contributed by atoms with Gasteiger partial charge in [0.25, 0.3) is 0 Å². The zero-order valence-corrected chi connectivity index (χ0v) is 9.08. The van der Waals surface area contributed by atoms with Crippen molar-refractivity contribution in [3.8, 4) is 0 Å². The molecule has 1 radical (unpaired) electrons. The molecular weight excluding hydrogens is 217 g/mol. The molecule has 3 heteroatoms. The van der Waals surface area contributed by atoms with Crippen molar-refractivity contribution in [1.29, 1.82) is 0 Å². The Morgan fingerprint density at radius 2 is 1.91 bits per heavy atom. The van der Waals surface area contributed by atoms with Crippen LogP contribution in [0, 0.1) is 6.92 Å². The van der Waals surface area contributed by atoms with Crippen molar-refractivity contribution in [2.75, 3.05) is 0 Å². The number of benzene rings is 1. The number of carbonyl (C=O) groups is 1. The van der Waals surface area contributed by atoms with Gasteiger partial charge in [-0.2, -0.15) is 0 Å². The van der Waals surface area contributed by atoms with Crippen LogP contribution in [-0.2, 0) is 32.7 Å². The van der Waals surface area contributed by atoms with Crippen LogP contribution in [0.1, 0.15) is 15.9 Å². The summed E-state index contributed by atoms with van der Waals surface area (Å²) in [6.07, 6.45) is 0. The quantitative estimate of drug-likeness (QED) is 0.789. The molecule has 0 fully saturated rings. The molecule has 0 unspecified atom stereocenters. The van der Waals surface area contributed by atoms with Gasteiger partial charge >= 0.3 is 5.97 Å². The number of hydrogen-bond acceptors (Lipinski definition) is 1. The Bertz CT molecular complexity index is 258. The van der Waals surface area contributed by atoms with E-state index < -0.39 is 5.97 Å². The van der Waals surface area contributed by atoms with E-state index in [0.717, 1.165) is 5.56 Å². The second kappa shape index (κ2) is 4.63. The topological polar surface area (TPSA) is 37.3 Å². The van der Waals surface area contributed by atoms with Crippen LogP contribution in [0.5, 0.6) is 0 Å². The van der Waals surface area contributed by atoms with Gasteiger partial charge in [0, 0.05) is 32.7 Å². The first kappa shape index (κ1) is 10.8. The minimum absolute atomic E-state index is 0. The van der Waals surface area contributed by atoms with Crippen molar-refractivity contribution in [1.82, 2.24) is 0 Å². The van der Waals surface area contributed by atoms with Crippen molar-refractivity contribution in [3.63, 3.8) is 0 Å². The molecule has 0 amide bonds. The fraction of sp³-hybridized carbons (Fsp3) is 0.125. The first-order chi connectivity index (χ1) is 4.72. The van der Waals surface area contributed by atoms with Crippen molar-refractivity contribution < 1.29 is 42.6 Å². The van der Waals surface area contributed by atoms with Crippen molar-refractivity contribution in [2.45, 2.75) is 6.92 Å². The van der Waals surface area contributed by atoms with Gasteiger partial charge in [-0.05, 0) is 18.6 Å². The molecule has 0 aromatic heterocycles. The van der Waals surface area contributed by atoms with Gasteiger partial charge in [-0.1, -0.05) is 18.2 Å². The second-order valence-corrected chi connectivity index (χ2v) is 2.12. The predicted molar refractivity (Wildman–Crippen MR) is 38.1 cm³/mol. The molecule has 1 aromatic carbocycles. The minimum atomic E-state index is -0.863. The van der Waals surface area contributed by atoms with Crippen molar-refractivity contribution in [2.24, 2.45) is 0 Å². The van der Waals surface area contributed by atoms with E-state index in [-0.39, 0.29) is 32.7 Å². The van der Waals surface area contributed by atoms with Crippen LogP contribution in [0.25, 0.3) is 0 Å². The van der Waals surface area contributed by atoms with Gasteiger partial charge in [0.2, 0.25) is 0 Å². The van der Waals surface area contributed by atoms with E-state index in [1.807, 2.05) is 6.07 Å². The number of aromatic carboxylic acids is 1. The molecule has 1 aromatic rings. The third-order valence-electron chi connectivity index (χ3n) is 1.38. The summed E-state index contributed by atoms with van der Waals surface area (Å²) in [5.74, 6) is -0.863. The summed E-state index contributed by atoms with van der Waals surface area (Å²) in [5, 5.41) is 8.57. The second-order valence-electron chi connectivity index (χ2n) is 2.12. The summed E-state index contributed by atoms with van der Waals surface area (Å²) in [7, 11) is 0. The summed E-state index contributed by atoms with van der Waals surface area (Å²) in [5.41, 5.74) is 1.18. The Labute approximate surface area is 90.5 Å². The maximum atomic E-state index is 10.4. The molecule has 0 spiro atoms. The molecule has 0 atom stereocenters. The Morgan fingerprint density at radius 1 is 1.36 bits per heavy atom. The van der Waals surface area contributed by atoms with E-state index in [1.54, 1.807) is 25.1 Å². The van der Waals surface area contributed by atoms with Crippen LogP contribution < -0.4 is 0 Å². The van der Waals surface area contributed by atoms with Crippen LogP contribution in [0.3, 0.4) is 0 Å². The summed E-state index contributed by atoms with van der Waals surface area (Å²) in [6, 6.07) is 6.92. The van der Waals surface area contributed by atoms with Crippen molar-refractivity contribution in [3.05, 3.63) is 35.4 Å². The molecule has 0 saturated heterocycles. The van der Waals surface area contributed by atoms with Crippen LogP contribution in [0.15, 0.2) is 24.3 Å². The molecule has 1 N–H and O–H groups in total. The average molecular weight is 225 g/mol. The zero-order chi connectivity index (χ0) is 7.56. The summed E-state index contributed by atoms with van der Waals surface area (Å²) < 4.78 is 0. The molecule has 0 heterocycles. The molecule has 0 aliphatic rings. The van der Waals surface area contributed by atoms with E-state index in [4.69, 9.17) is 5.11 Å². The van der Waals surface area contributed by atoms with Crippen LogP contribution in [0.2, 0.25) is 0 Å². The fourth-order valence-corrected chi connectivity index (χ4v) is 0.813. The number of carboxylic acid groups (broad SMARTS) is 1. The normalized spacial score (nSPS) is 8.45. The van der Waals surface area contributed by atoms with Gasteiger partial charge in [-0.25, -0.2) is 4.79 Å². The Morgan fingerprint density at radius 3 is 2.27 bits per heavy atom. The monoisotopic (exact) mass is 225 g/mol. The molecule has 0 bridgehead atoms. The molecule has 11 heavy (non-hydrogen) atoms. The Kier molecular flexibility index (Phi) is 4.54. The molecule has 0 aliphatic carbocycles.